The number of hydrogen-bond acceptors (Lipinski definition) is 3. The smallest absolute Gasteiger partial charge is 0.339 e. The van der Waals surface area contributed by atoms with Crippen LogP contribution in [0.5, 0.6) is 5.75 Å². The minimum atomic E-state index is -1.24. The predicted octanol–water partition coefficient (Wildman–Crippen LogP) is 2.91. The average molecular weight is 343 g/mol. The van der Waals surface area contributed by atoms with E-state index in [4.69, 9.17) is 9.84 Å². The van der Waals surface area contributed by atoms with Crippen molar-refractivity contribution in [1.82, 2.24) is 9.78 Å². The molecule has 5 nitrogen and oxygen atoms in total. The first-order valence-corrected chi connectivity index (χ1v) is 6.53. The summed E-state index contributed by atoms with van der Waals surface area (Å²) in [5, 5.41) is 13.2. The molecule has 0 aliphatic carbocycles. The summed E-state index contributed by atoms with van der Waals surface area (Å²) in [5.41, 5.74) is 1.37. The zero-order valence-electron chi connectivity index (χ0n) is 10.9. The van der Waals surface area contributed by atoms with Gasteiger partial charge in [0.1, 0.15) is 23.7 Å². The molecule has 0 saturated carbocycles. The molecule has 20 heavy (non-hydrogen) atoms. The highest BCUT2D eigenvalue weighted by Gasteiger charge is 2.15. The highest BCUT2D eigenvalue weighted by molar-refractivity contribution is 9.10. The summed E-state index contributed by atoms with van der Waals surface area (Å²) in [6.45, 7) is 1.97. The molecule has 0 fully saturated rings. The molecular formula is C13H12BrFN2O3. The van der Waals surface area contributed by atoms with Crippen molar-refractivity contribution in [1.29, 1.82) is 0 Å². The van der Waals surface area contributed by atoms with Crippen LogP contribution in [-0.2, 0) is 13.7 Å². The van der Waals surface area contributed by atoms with Crippen molar-refractivity contribution in [3.8, 4) is 5.75 Å². The van der Waals surface area contributed by atoms with Crippen molar-refractivity contribution < 1.29 is 19.0 Å². The Labute approximate surface area is 123 Å². The summed E-state index contributed by atoms with van der Waals surface area (Å²) in [6.07, 6.45) is 0. The number of carboxylic acids is 1. The number of halogens is 2. The van der Waals surface area contributed by atoms with Gasteiger partial charge in [-0.25, -0.2) is 9.18 Å². The summed E-state index contributed by atoms with van der Waals surface area (Å²) in [5.74, 6) is -1.74. The Hall–Kier alpha value is -1.89. The molecule has 0 aliphatic heterocycles. The first-order valence-electron chi connectivity index (χ1n) is 5.73. The lowest BCUT2D eigenvalue weighted by Gasteiger charge is -2.09. The van der Waals surface area contributed by atoms with E-state index in [2.05, 4.69) is 21.0 Å². The SMILES string of the molecule is Cc1nn(C)c(COc2ccc(F)cc2C(=O)O)c1Br. The standard InChI is InChI=1S/C13H12BrFN2O3/c1-7-12(14)10(17(2)16-7)6-20-11-4-3-8(15)5-9(11)13(18)19/h3-5H,6H2,1-2H3,(H,18,19). The quantitative estimate of drug-likeness (QED) is 0.927. The van der Waals surface area contributed by atoms with Crippen LogP contribution in [-0.4, -0.2) is 20.9 Å². The van der Waals surface area contributed by atoms with E-state index in [0.29, 0.717) is 0 Å². The number of rotatable bonds is 4. The van der Waals surface area contributed by atoms with Crippen molar-refractivity contribution in [3.05, 3.63) is 45.4 Å². The number of nitrogens with zero attached hydrogens (tertiary/aromatic N) is 2. The van der Waals surface area contributed by atoms with Crippen LogP contribution in [0.4, 0.5) is 4.39 Å². The largest absolute Gasteiger partial charge is 0.486 e. The van der Waals surface area contributed by atoms with Crippen molar-refractivity contribution in [2.24, 2.45) is 7.05 Å². The van der Waals surface area contributed by atoms with Crippen LogP contribution in [0.2, 0.25) is 0 Å². The highest BCUT2D eigenvalue weighted by Crippen LogP contribution is 2.24. The number of ether oxygens (including phenoxy) is 1. The van der Waals surface area contributed by atoms with E-state index in [0.717, 1.165) is 28.0 Å². The Morgan fingerprint density at radius 3 is 2.80 bits per heavy atom. The molecule has 0 radical (unpaired) electrons. The van der Waals surface area contributed by atoms with E-state index in [1.807, 2.05) is 6.92 Å². The number of carboxylic acid groups (broad SMARTS) is 1. The molecule has 0 aliphatic rings. The third-order valence-electron chi connectivity index (χ3n) is 2.80. The van der Waals surface area contributed by atoms with Crippen molar-refractivity contribution in [2.45, 2.75) is 13.5 Å². The van der Waals surface area contributed by atoms with E-state index in [-0.39, 0.29) is 17.9 Å². The van der Waals surface area contributed by atoms with Crippen LogP contribution in [0.3, 0.4) is 0 Å². The molecular weight excluding hydrogens is 331 g/mol. The van der Waals surface area contributed by atoms with Crippen LogP contribution in [0.25, 0.3) is 0 Å². The predicted molar refractivity (Wildman–Crippen MR) is 73.3 cm³/mol. The van der Waals surface area contributed by atoms with Gasteiger partial charge in [0.15, 0.2) is 0 Å². The lowest BCUT2D eigenvalue weighted by Crippen LogP contribution is -2.07. The summed E-state index contributed by atoms with van der Waals surface area (Å²) < 4.78 is 21.0. The normalized spacial score (nSPS) is 10.6. The molecule has 2 rings (SSSR count). The number of aromatic nitrogens is 2. The van der Waals surface area contributed by atoms with Gasteiger partial charge < -0.3 is 9.84 Å². The van der Waals surface area contributed by atoms with Crippen molar-refractivity contribution in [2.75, 3.05) is 0 Å². The number of benzene rings is 1. The van der Waals surface area contributed by atoms with Gasteiger partial charge in [-0.3, -0.25) is 4.68 Å². The third-order valence-corrected chi connectivity index (χ3v) is 3.83. The number of aryl methyl sites for hydroxylation is 2. The fraction of sp³-hybridized carbons (Fsp3) is 0.231. The Morgan fingerprint density at radius 2 is 2.25 bits per heavy atom. The van der Waals surface area contributed by atoms with Gasteiger partial charge in [-0.2, -0.15) is 5.10 Å². The van der Waals surface area contributed by atoms with Gasteiger partial charge in [-0.1, -0.05) is 0 Å². The zero-order chi connectivity index (χ0) is 14.9. The van der Waals surface area contributed by atoms with Crippen LogP contribution in [0.1, 0.15) is 21.7 Å². The maximum absolute atomic E-state index is 13.1. The third kappa shape index (κ3) is 2.82. The molecule has 106 valence electrons. The van der Waals surface area contributed by atoms with E-state index >= 15 is 0 Å². The van der Waals surface area contributed by atoms with Crippen LogP contribution < -0.4 is 4.74 Å². The van der Waals surface area contributed by atoms with Gasteiger partial charge in [0.05, 0.1) is 15.9 Å². The minimum Gasteiger partial charge on any atom is -0.486 e. The zero-order valence-corrected chi connectivity index (χ0v) is 12.4. The second kappa shape index (κ2) is 5.62. The van der Waals surface area contributed by atoms with E-state index in [9.17, 15) is 9.18 Å². The van der Waals surface area contributed by atoms with Gasteiger partial charge in [-0.15, -0.1) is 0 Å². The monoisotopic (exact) mass is 342 g/mol. The number of aromatic carboxylic acids is 1. The fourth-order valence-corrected chi connectivity index (χ4v) is 2.23. The Morgan fingerprint density at radius 1 is 1.55 bits per heavy atom. The van der Waals surface area contributed by atoms with E-state index in [1.165, 1.54) is 6.07 Å². The average Bonchev–Trinajstić information content (AvgIpc) is 2.62. The summed E-state index contributed by atoms with van der Waals surface area (Å²) in [4.78, 5) is 11.0. The molecule has 0 atom stereocenters. The lowest BCUT2D eigenvalue weighted by atomic mass is 10.2. The number of hydrogen-bond donors (Lipinski definition) is 1. The van der Waals surface area contributed by atoms with Crippen LogP contribution >= 0.6 is 15.9 Å². The molecule has 0 saturated heterocycles. The second-order valence-electron chi connectivity index (χ2n) is 4.20. The minimum absolute atomic E-state index is 0.115. The fourth-order valence-electron chi connectivity index (χ4n) is 1.78. The highest BCUT2D eigenvalue weighted by atomic mass is 79.9. The molecule has 0 spiro atoms. The lowest BCUT2D eigenvalue weighted by molar-refractivity contribution is 0.0691. The van der Waals surface area contributed by atoms with Crippen molar-refractivity contribution in [3.63, 3.8) is 0 Å². The van der Waals surface area contributed by atoms with Gasteiger partial charge in [0.2, 0.25) is 0 Å². The first kappa shape index (κ1) is 14.5. The van der Waals surface area contributed by atoms with Gasteiger partial charge in [0.25, 0.3) is 0 Å². The topological polar surface area (TPSA) is 64.4 Å². The maximum atomic E-state index is 13.1. The molecule has 1 aromatic heterocycles. The Bertz CT molecular complexity index is 670. The molecule has 7 heteroatoms. The first-order chi connectivity index (χ1) is 9.40. The van der Waals surface area contributed by atoms with E-state index in [1.54, 1.807) is 11.7 Å². The molecule has 1 heterocycles. The summed E-state index contributed by atoms with van der Waals surface area (Å²) in [6, 6.07) is 3.39. The van der Waals surface area contributed by atoms with Crippen LogP contribution in [0, 0.1) is 12.7 Å². The number of carbonyl (C=O) groups is 1. The molecule has 0 bridgehead atoms. The molecule has 2 aromatic rings. The molecule has 1 N–H and O–H groups in total. The van der Waals surface area contributed by atoms with E-state index < -0.39 is 11.8 Å². The molecule has 0 unspecified atom stereocenters. The van der Waals surface area contributed by atoms with Gasteiger partial charge in [-0.05, 0) is 41.1 Å². The molecule has 0 amide bonds. The molecule has 1 aromatic carbocycles. The van der Waals surface area contributed by atoms with Gasteiger partial charge >= 0.3 is 5.97 Å². The maximum Gasteiger partial charge on any atom is 0.339 e. The van der Waals surface area contributed by atoms with Gasteiger partial charge in [0, 0.05) is 7.05 Å². The summed E-state index contributed by atoms with van der Waals surface area (Å²) >= 11 is 3.39. The van der Waals surface area contributed by atoms with Crippen molar-refractivity contribution >= 4 is 21.9 Å². The van der Waals surface area contributed by atoms with Crippen LogP contribution in [0.15, 0.2) is 22.7 Å². The summed E-state index contributed by atoms with van der Waals surface area (Å²) in [7, 11) is 1.76. The Kier molecular flexibility index (Phi) is 4.08. The second-order valence-corrected chi connectivity index (χ2v) is 5.00. The Balaban J connectivity index is 2.25.